The molecule has 1 fully saturated rings. The number of hydrogen-bond donors (Lipinski definition) is 1. The molecule has 0 bridgehead atoms. The molecular formula is C24H30N2O3. The van der Waals surface area contributed by atoms with E-state index in [-0.39, 0.29) is 23.2 Å². The van der Waals surface area contributed by atoms with Crippen molar-refractivity contribution in [2.75, 3.05) is 13.7 Å². The molecule has 0 aromatic heterocycles. The number of nitrogens with zero attached hydrogens (tertiary/aromatic N) is 1. The minimum absolute atomic E-state index is 0.0116. The topological polar surface area (TPSA) is 59.9 Å². The van der Waals surface area contributed by atoms with Crippen LogP contribution in [-0.4, -0.2) is 25.8 Å². The van der Waals surface area contributed by atoms with Gasteiger partial charge in [-0.1, -0.05) is 45.0 Å². The van der Waals surface area contributed by atoms with E-state index in [0.717, 1.165) is 12.0 Å². The largest absolute Gasteiger partial charge is 0.493 e. The second kappa shape index (κ2) is 8.68. The summed E-state index contributed by atoms with van der Waals surface area (Å²) in [7, 11) is 1.60. The molecule has 0 unspecified atom stereocenters. The highest BCUT2D eigenvalue weighted by Gasteiger charge is 2.44. The first kappa shape index (κ1) is 20.9. The molecule has 0 spiro atoms. The molecule has 2 aromatic rings. The predicted octanol–water partition coefficient (Wildman–Crippen LogP) is 4.65. The van der Waals surface area contributed by atoms with E-state index in [1.165, 1.54) is 11.1 Å². The van der Waals surface area contributed by atoms with Crippen LogP contribution in [0.4, 0.5) is 0 Å². The molecule has 29 heavy (non-hydrogen) atoms. The zero-order valence-electron chi connectivity index (χ0n) is 17.9. The van der Waals surface area contributed by atoms with Crippen molar-refractivity contribution in [2.24, 2.45) is 11.0 Å². The minimum Gasteiger partial charge on any atom is -0.493 e. The normalized spacial score (nSPS) is 18.5. The number of amides is 1. The first-order chi connectivity index (χ1) is 13.8. The SMILES string of the molecule is CCOc1ccc(/C=N\NC(=O)[C@H]2C[C@H]2c2ccc(C(C)(C)C)cc2)cc1OC. The predicted molar refractivity (Wildman–Crippen MR) is 116 cm³/mol. The van der Waals surface area contributed by atoms with Crippen LogP contribution in [0.15, 0.2) is 47.6 Å². The molecule has 0 heterocycles. The van der Waals surface area contributed by atoms with Gasteiger partial charge >= 0.3 is 0 Å². The van der Waals surface area contributed by atoms with E-state index in [9.17, 15) is 4.79 Å². The van der Waals surface area contributed by atoms with Crippen molar-refractivity contribution < 1.29 is 14.3 Å². The van der Waals surface area contributed by atoms with Crippen LogP contribution in [0.2, 0.25) is 0 Å². The lowest BCUT2D eigenvalue weighted by Gasteiger charge is -2.19. The van der Waals surface area contributed by atoms with Crippen molar-refractivity contribution in [1.29, 1.82) is 0 Å². The smallest absolute Gasteiger partial charge is 0.243 e. The van der Waals surface area contributed by atoms with Gasteiger partial charge in [-0.05, 0) is 59.6 Å². The van der Waals surface area contributed by atoms with Crippen molar-refractivity contribution in [3.8, 4) is 11.5 Å². The van der Waals surface area contributed by atoms with Crippen LogP contribution in [0.5, 0.6) is 11.5 Å². The summed E-state index contributed by atoms with van der Waals surface area (Å²) in [5.41, 5.74) is 6.15. The zero-order chi connectivity index (χ0) is 21.0. The Hall–Kier alpha value is -2.82. The van der Waals surface area contributed by atoms with Gasteiger partial charge in [0.2, 0.25) is 5.91 Å². The third-order valence-corrected chi connectivity index (χ3v) is 5.21. The molecule has 5 heteroatoms. The quantitative estimate of drug-likeness (QED) is 0.549. The number of hydrazone groups is 1. The molecule has 3 rings (SSSR count). The van der Waals surface area contributed by atoms with Gasteiger partial charge in [0.25, 0.3) is 0 Å². The number of nitrogens with one attached hydrogen (secondary N) is 1. The Balaban J connectivity index is 1.55. The highest BCUT2D eigenvalue weighted by atomic mass is 16.5. The summed E-state index contributed by atoms with van der Waals surface area (Å²) in [5, 5.41) is 4.11. The van der Waals surface area contributed by atoms with Gasteiger partial charge in [0, 0.05) is 5.92 Å². The molecule has 1 N–H and O–H groups in total. The standard InChI is InChI=1S/C24H30N2O3/c1-6-29-21-12-7-16(13-22(21)28-5)15-25-26-23(27)20-14-19(20)17-8-10-18(11-9-17)24(2,3)4/h7-13,15,19-20H,6,14H2,1-5H3,(H,26,27)/b25-15-/t19-,20-/m0/s1. The maximum Gasteiger partial charge on any atom is 0.243 e. The molecule has 0 aliphatic heterocycles. The first-order valence-electron chi connectivity index (χ1n) is 10.1. The van der Waals surface area contributed by atoms with Crippen molar-refractivity contribution in [3.63, 3.8) is 0 Å². The molecule has 1 aliphatic rings. The second-order valence-electron chi connectivity index (χ2n) is 8.40. The van der Waals surface area contributed by atoms with E-state index in [4.69, 9.17) is 9.47 Å². The molecule has 0 saturated heterocycles. The molecule has 154 valence electrons. The van der Waals surface area contributed by atoms with Gasteiger partial charge in [-0.2, -0.15) is 5.10 Å². The molecule has 1 amide bonds. The average molecular weight is 395 g/mol. The van der Waals surface area contributed by atoms with Gasteiger partial charge < -0.3 is 9.47 Å². The fourth-order valence-electron chi connectivity index (χ4n) is 3.38. The fraction of sp³-hybridized carbons (Fsp3) is 0.417. The number of benzene rings is 2. The van der Waals surface area contributed by atoms with E-state index in [1.54, 1.807) is 13.3 Å². The lowest BCUT2D eigenvalue weighted by molar-refractivity contribution is -0.122. The maximum atomic E-state index is 12.4. The summed E-state index contributed by atoms with van der Waals surface area (Å²) in [6.45, 7) is 9.10. The van der Waals surface area contributed by atoms with Gasteiger partial charge in [0.1, 0.15) is 0 Å². The monoisotopic (exact) mass is 394 g/mol. The van der Waals surface area contributed by atoms with Crippen LogP contribution in [0.1, 0.15) is 56.7 Å². The molecule has 1 aliphatic carbocycles. The van der Waals surface area contributed by atoms with Crippen molar-refractivity contribution in [1.82, 2.24) is 5.43 Å². The Kier molecular flexibility index (Phi) is 6.26. The van der Waals surface area contributed by atoms with Crippen LogP contribution in [0.25, 0.3) is 0 Å². The van der Waals surface area contributed by atoms with Crippen LogP contribution in [0, 0.1) is 5.92 Å². The maximum absolute atomic E-state index is 12.4. The van der Waals surface area contributed by atoms with Crippen LogP contribution < -0.4 is 14.9 Å². The van der Waals surface area contributed by atoms with Gasteiger partial charge in [0.15, 0.2) is 11.5 Å². The number of carbonyl (C=O) groups is 1. The molecule has 0 radical (unpaired) electrons. The van der Waals surface area contributed by atoms with Crippen molar-refractivity contribution >= 4 is 12.1 Å². The number of carbonyl (C=O) groups excluding carboxylic acids is 1. The van der Waals surface area contributed by atoms with Crippen molar-refractivity contribution in [2.45, 2.75) is 45.4 Å². The summed E-state index contributed by atoms with van der Waals surface area (Å²) in [4.78, 5) is 12.4. The van der Waals surface area contributed by atoms with E-state index in [2.05, 4.69) is 55.6 Å². The van der Waals surface area contributed by atoms with E-state index in [0.29, 0.717) is 18.1 Å². The Bertz CT molecular complexity index is 882. The van der Waals surface area contributed by atoms with Crippen LogP contribution >= 0.6 is 0 Å². The molecule has 2 atom stereocenters. The van der Waals surface area contributed by atoms with Gasteiger partial charge in [-0.15, -0.1) is 0 Å². The van der Waals surface area contributed by atoms with Gasteiger partial charge in [-0.25, -0.2) is 5.43 Å². The van der Waals surface area contributed by atoms with Crippen LogP contribution in [0.3, 0.4) is 0 Å². The molecule has 1 saturated carbocycles. The first-order valence-corrected chi connectivity index (χ1v) is 10.1. The number of rotatable bonds is 7. The van der Waals surface area contributed by atoms with Crippen LogP contribution in [-0.2, 0) is 10.2 Å². The Labute approximate surface area is 173 Å². The van der Waals surface area contributed by atoms with Crippen molar-refractivity contribution in [3.05, 3.63) is 59.2 Å². The van der Waals surface area contributed by atoms with Gasteiger partial charge in [-0.3, -0.25) is 4.79 Å². The number of ether oxygens (including phenoxy) is 2. The third-order valence-electron chi connectivity index (χ3n) is 5.21. The Morgan fingerprint density at radius 3 is 2.52 bits per heavy atom. The number of hydrogen-bond acceptors (Lipinski definition) is 4. The Morgan fingerprint density at radius 1 is 1.17 bits per heavy atom. The molecule has 2 aromatic carbocycles. The Morgan fingerprint density at radius 2 is 1.90 bits per heavy atom. The lowest BCUT2D eigenvalue weighted by atomic mass is 9.86. The summed E-state index contributed by atoms with van der Waals surface area (Å²) in [6, 6.07) is 14.2. The summed E-state index contributed by atoms with van der Waals surface area (Å²) < 4.78 is 10.8. The van der Waals surface area contributed by atoms with E-state index >= 15 is 0 Å². The summed E-state index contributed by atoms with van der Waals surface area (Å²) in [5.74, 6) is 1.56. The molecular weight excluding hydrogens is 364 g/mol. The zero-order valence-corrected chi connectivity index (χ0v) is 17.9. The van der Waals surface area contributed by atoms with E-state index < -0.39 is 0 Å². The lowest BCUT2D eigenvalue weighted by Crippen LogP contribution is -2.20. The summed E-state index contributed by atoms with van der Waals surface area (Å²) >= 11 is 0. The second-order valence-corrected chi connectivity index (χ2v) is 8.40. The molecule has 5 nitrogen and oxygen atoms in total. The van der Waals surface area contributed by atoms with E-state index in [1.807, 2.05) is 25.1 Å². The summed E-state index contributed by atoms with van der Waals surface area (Å²) in [6.07, 6.45) is 2.48. The number of methoxy groups -OCH3 is 1. The highest BCUT2D eigenvalue weighted by Crippen LogP contribution is 2.47. The van der Waals surface area contributed by atoms with Gasteiger partial charge in [0.05, 0.1) is 19.9 Å². The fourth-order valence-corrected chi connectivity index (χ4v) is 3.38. The third kappa shape index (κ3) is 5.17. The highest BCUT2D eigenvalue weighted by molar-refractivity contribution is 5.86. The average Bonchev–Trinajstić information content (AvgIpc) is 3.49. The minimum atomic E-state index is -0.0379.